The molecule has 4 nitrogen and oxygen atoms in total. The molecule has 2 aromatic carbocycles. The summed E-state index contributed by atoms with van der Waals surface area (Å²) in [6, 6.07) is 14.5. The Balaban J connectivity index is 1.52. The second-order valence-electron chi connectivity index (χ2n) is 7.02. The zero-order valence-corrected chi connectivity index (χ0v) is 15.8. The number of amides is 2. The van der Waals surface area contributed by atoms with Crippen molar-refractivity contribution >= 4 is 6.03 Å². The molecule has 1 aliphatic heterocycles. The van der Waals surface area contributed by atoms with Gasteiger partial charge in [0, 0.05) is 25.6 Å². The van der Waals surface area contributed by atoms with E-state index in [1.165, 1.54) is 12.1 Å². The molecule has 0 aliphatic carbocycles. The predicted octanol–water partition coefficient (Wildman–Crippen LogP) is 4.36. The van der Waals surface area contributed by atoms with Gasteiger partial charge in [0.15, 0.2) is 0 Å². The fourth-order valence-corrected chi connectivity index (χ4v) is 3.55. The summed E-state index contributed by atoms with van der Waals surface area (Å²) >= 11 is 0. The van der Waals surface area contributed by atoms with Crippen LogP contribution in [0.4, 0.5) is 9.18 Å². The first-order valence-corrected chi connectivity index (χ1v) is 9.57. The summed E-state index contributed by atoms with van der Waals surface area (Å²) in [5.74, 6) is 0.875. The molecule has 5 heteroatoms. The van der Waals surface area contributed by atoms with Gasteiger partial charge in [0.05, 0.1) is 7.11 Å². The second-order valence-corrected chi connectivity index (χ2v) is 7.02. The molecule has 144 valence electrons. The summed E-state index contributed by atoms with van der Waals surface area (Å²) in [5.41, 5.74) is 2.27. The topological polar surface area (TPSA) is 41.6 Å². The van der Waals surface area contributed by atoms with E-state index in [4.69, 9.17) is 4.74 Å². The molecule has 0 unspecified atom stereocenters. The first kappa shape index (κ1) is 19.2. The number of nitrogens with zero attached hydrogens (tertiary/aromatic N) is 1. The SMILES string of the molecule is COc1ccc(CCNC(=O)N2CCCC[C@H](c3ccc(F)cc3)C2)cc1. The van der Waals surface area contributed by atoms with Crippen LogP contribution in [-0.4, -0.2) is 37.7 Å². The fourth-order valence-electron chi connectivity index (χ4n) is 3.55. The highest BCUT2D eigenvalue weighted by molar-refractivity contribution is 5.74. The van der Waals surface area contributed by atoms with Crippen LogP contribution in [0.15, 0.2) is 48.5 Å². The number of carbonyl (C=O) groups excluding carboxylic acids is 1. The Morgan fingerprint density at radius 3 is 2.59 bits per heavy atom. The number of nitrogens with one attached hydrogen (secondary N) is 1. The molecule has 3 rings (SSSR count). The molecule has 1 N–H and O–H groups in total. The summed E-state index contributed by atoms with van der Waals surface area (Å²) < 4.78 is 18.3. The van der Waals surface area contributed by atoms with Gasteiger partial charge in [-0.1, -0.05) is 30.7 Å². The number of hydrogen-bond acceptors (Lipinski definition) is 2. The fraction of sp³-hybridized carbons (Fsp3) is 0.409. The Morgan fingerprint density at radius 1 is 1.15 bits per heavy atom. The summed E-state index contributed by atoms with van der Waals surface area (Å²) in [6.45, 7) is 2.05. The molecular formula is C22H27FN2O2. The van der Waals surface area contributed by atoms with E-state index >= 15 is 0 Å². The number of urea groups is 1. The van der Waals surface area contributed by atoms with Crippen molar-refractivity contribution in [2.75, 3.05) is 26.7 Å². The Labute approximate surface area is 160 Å². The highest BCUT2D eigenvalue weighted by Gasteiger charge is 2.23. The molecule has 0 radical (unpaired) electrons. The van der Waals surface area contributed by atoms with Gasteiger partial charge in [0.1, 0.15) is 11.6 Å². The van der Waals surface area contributed by atoms with Crippen molar-refractivity contribution in [2.24, 2.45) is 0 Å². The molecule has 27 heavy (non-hydrogen) atoms. The van der Waals surface area contributed by atoms with Gasteiger partial charge in [0.25, 0.3) is 0 Å². The van der Waals surface area contributed by atoms with Crippen LogP contribution in [0.3, 0.4) is 0 Å². The van der Waals surface area contributed by atoms with E-state index in [0.717, 1.165) is 49.1 Å². The van der Waals surface area contributed by atoms with Crippen LogP contribution < -0.4 is 10.1 Å². The molecule has 2 aromatic rings. The minimum absolute atomic E-state index is 0.0162. The lowest BCUT2D eigenvalue weighted by molar-refractivity contribution is 0.197. The number of methoxy groups -OCH3 is 1. The minimum Gasteiger partial charge on any atom is -0.497 e. The maximum atomic E-state index is 13.2. The minimum atomic E-state index is -0.222. The van der Waals surface area contributed by atoms with Gasteiger partial charge in [-0.25, -0.2) is 9.18 Å². The molecular weight excluding hydrogens is 343 g/mol. The van der Waals surface area contributed by atoms with Crippen LogP contribution in [0.1, 0.15) is 36.3 Å². The van der Waals surface area contributed by atoms with Crippen molar-refractivity contribution in [3.63, 3.8) is 0 Å². The summed E-state index contributed by atoms with van der Waals surface area (Å²) in [4.78, 5) is 14.5. The third-order valence-electron chi connectivity index (χ3n) is 5.15. The Bertz CT molecular complexity index is 731. The van der Waals surface area contributed by atoms with Crippen molar-refractivity contribution in [1.82, 2.24) is 10.2 Å². The zero-order valence-electron chi connectivity index (χ0n) is 15.8. The lowest BCUT2D eigenvalue weighted by Crippen LogP contribution is -2.42. The number of likely N-dealkylation sites (tertiary alicyclic amines) is 1. The molecule has 0 bridgehead atoms. The molecule has 1 aliphatic rings. The average Bonchev–Trinajstić information content (AvgIpc) is 2.95. The first-order valence-electron chi connectivity index (χ1n) is 9.57. The maximum Gasteiger partial charge on any atom is 0.317 e. The van der Waals surface area contributed by atoms with Crippen molar-refractivity contribution in [3.8, 4) is 5.75 Å². The molecule has 1 saturated heterocycles. The summed E-state index contributed by atoms with van der Waals surface area (Å²) in [5, 5.41) is 3.03. The van der Waals surface area contributed by atoms with E-state index in [0.29, 0.717) is 13.1 Å². The van der Waals surface area contributed by atoms with Gasteiger partial charge in [-0.05, 0) is 54.7 Å². The monoisotopic (exact) mass is 370 g/mol. The van der Waals surface area contributed by atoms with E-state index in [-0.39, 0.29) is 17.8 Å². The Morgan fingerprint density at radius 2 is 1.89 bits per heavy atom. The van der Waals surface area contributed by atoms with Gasteiger partial charge < -0.3 is 15.0 Å². The van der Waals surface area contributed by atoms with Gasteiger partial charge in [-0.2, -0.15) is 0 Å². The van der Waals surface area contributed by atoms with Crippen molar-refractivity contribution in [3.05, 3.63) is 65.5 Å². The van der Waals surface area contributed by atoms with Gasteiger partial charge in [-0.15, -0.1) is 0 Å². The van der Waals surface area contributed by atoms with Gasteiger partial charge in [-0.3, -0.25) is 0 Å². The molecule has 2 amide bonds. The molecule has 1 fully saturated rings. The Hall–Kier alpha value is -2.56. The largest absolute Gasteiger partial charge is 0.497 e. The van der Waals surface area contributed by atoms with E-state index in [1.807, 2.05) is 41.3 Å². The van der Waals surface area contributed by atoms with Crippen LogP contribution in [0.25, 0.3) is 0 Å². The number of ether oxygens (including phenoxy) is 1. The standard InChI is InChI=1S/C22H27FN2O2/c1-27-21-11-5-17(6-12-21)13-14-24-22(26)25-15-3-2-4-19(16-25)18-7-9-20(23)10-8-18/h5-12,19H,2-4,13-16H2,1H3,(H,24,26)/t19-/m0/s1. The summed E-state index contributed by atoms with van der Waals surface area (Å²) in [7, 11) is 1.65. The van der Waals surface area contributed by atoms with E-state index in [1.54, 1.807) is 7.11 Å². The zero-order chi connectivity index (χ0) is 19.1. The van der Waals surface area contributed by atoms with Gasteiger partial charge in [0.2, 0.25) is 0 Å². The Kier molecular flexibility index (Phi) is 6.69. The third kappa shape index (κ3) is 5.46. The van der Waals surface area contributed by atoms with Crippen LogP contribution in [0.5, 0.6) is 5.75 Å². The molecule has 1 heterocycles. The molecule has 0 saturated carbocycles. The highest BCUT2D eigenvalue weighted by Crippen LogP contribution is 2.26. The second kappa shape index (κ2) is 9.40. The molecule has 0 aromatic heterocycles. The normalized spacial score (nSPS) is 17.3. The van der Waals surface area contributed by atoms with Crippen molar-refractivity contribution in [2.45, 2.75) is 31.6 Å². The lowest BCUT2D eigenvalue weighted by atomic mass is 9.94. The third-order valence-corrected chi connectivity index (χ3v) is 5.15. The van der Waals surface area contributed by atoms with Gasteiger partial charge >= 0.3 is 6.03 Å². The molecule has 0 spiro atoms. The van der Waals surface area contributed by atoms with Crippen LogP contribution in [-0.2, 0) is 6.42 Å². The highest BCUT2D eigenvalue weighted by atomic mass is 19.1. The number of hydrogen-bond donors (Lipinski definition) is 1. The smallest absolute Gasteiger partial charge is 0.317 e. The first-order chi connectivity index (χ1) is 13.2. The van der Waals surface area contributed by atoms with Crippen molar-refractivity contribution in [1.29, 1.82) is 0 Å². The molecule has 1 atom stereocenters. The van der Waals surface area contributed by atoms with Crippen LogP contribution in [0.2, 0.25) is 0 Å². The number of carbonyl (C=O) groups is 1. The van der Waals surface area contributed by atoms with E-state index in [9.17, 15) is 9.18 Å². The number of halogens is 1. The van der Waals surface area contributed by atoms with Crippen LogP contribution >= 0.6 is 0 Å². The quantitative estimate of drug-likeness (QED) is 0.850. The van der Waals surface area contributed by atoms with Crippen molar-refractivity contribution < 1.29 is 13.9 Å². The van der Waals surface area contributed by atoms with Crippen LogP contribution in [0, 0.1) is 5.82 Å². The number of rotatable bonds is 5. The maximum absolute atomic E-state index is 13.2. The lowest BCUT2D eigenvalue weighted by Gasteiger charge is -2.25. The number of benzene rings is 2. The predicted molar refractivity (Wildman–Crippen MR) is 105 cm³/mol. The average molecular weight is 370 g/mol. The van der Waals surface area contributed by atoms with E-state index in [2.05, 4.69) is 5.32 Å². The van der Waals surface area contributed by atoms with E-state index < -0.39 is 0 Å². The summed E-state index contributed by atoms with van der Waals surface area (Å²) in [6.07, 6.45) is 3.90.